The maximum Gasteiger partial charge on any atom is 0.203 e. The fourth-order valence-corrected chi connectivity index (χ4v) is 3.88. The molecule has 132 valence electrons. The molecule has 1 aromatic heterocycles. The van der Waals surface area contributed by atoms with E-state index < -0.39 is 0 Å². The van der Waals surface area contributed by atoms with Crippen molar-refractivity contribution in [3.05, 3.63) is 64.5 Å². The first kappa shape index (κ1) is 16.8. The molecule has 1 aliphatic carbocycles. The molecule has 0 saturated heterocycles. The standard InChI is InChI=1S/C21H21N3OS/c1-14(15-8-10-19(25-2)11-9-15)23-24-21-22-20(13-26-21)18-7-6-16-4-3-5-17(16)12-18/h6-13H,3-5H2,1-2H3,(H,22,24)/b23-14-. The Bertz CT molecular complexity index is 944. The highest BCUT2D eigenvalue weighted by Crippen LogP contribution is 2.30. The Morgan fingerprint density at radius 2 is 1.92 bits per heavy atom. The van der Waals surface area contributed by atoms with E-state index >= 15 is 0 Å². The Labute approximate surface area is 157 Å². The highest BCUT2D eigenvalue weighted by Gasteiger charge is 2.12. The van der Waals surface area contributed by atoms with Crippen LogP contribution in [-0.2, 0) is 12.8 Å². The lowest BCUT2D eigenvalue weighted by Crippen LogP contribution is -1.99. The van der Waals surface area contributed by atoms with Gasteiger partial charge in [-0.25, -0.2) is 4.98 Å². The number of rotatable bonds is 5. The summed E-state index contributed by atoms with van der Waals surface area (Å²) in [5, 5.41) is 7.34. The molecule has 0 atom stereocenters. The zero-order valence-corrected chi connectivity index (χ0v) is 15.8. The maximum absolute atomic E-state index is 5.19. The average molecular weight is 363 g/mol. The molecule has 0 unspecified atom stereocenters. The molecule has 0 fully saturated rings. The van der Waals surface area contributed by atoms with E-state index in [1.807, 2.05) is 31.2 Å². The smallest absolute Gasteiger partial charge is 0.203 e. The van der Waals surface area contributed by atoms with E-state index in [9.17, 15) is 0 Å². The highest BCUT2D eigenvalue weighted by molar-refractivity contribution is 7.14. The van der Waals surface area contributed by atoms with Crippen LogP contribution >= 0.6 is 11.3 Å². The topological polar surface area (TPSA) is 46.5 Å². The van der Waals surface area contributed by atoms with Gasteiger partial charge in [0.25, 0.3) is 0 Å². The number of hydrogen-bond donors (Lipinski definition) is 1. The summed E-state index contributed by atoms with van der Waals surface area (Å²) in [6, 6.07) is 14.6. The van der Waals surface area contributed by atoms with Gasteiger partial charge in [-0.3, -0.25) is 5.43 Å². The number of anilines is 1. The van der Waals surface area contributed by atoms with Crippen LogP contribution in [-0.4, -0.2) is 17.8 Å². The first-order chi connectivity index (χ1) is 12.7. The summed E-state index contributed by atoms with van der Waals surface area (Å²) >= 11 is 1.57. The van der Waals surface area contributed by atoms with Crippen molar-refractivity contribution in [2.75, 3.05) is 12.5 Å². The largest absolute Gasteiger partial charge is 0.497 e. The van der Waals surface area contributed by atoms with Crippen molar-refractivity contribution in [2.45, 2.75) is 26.2 Å². The number of methoxy groups -OCH3 is 1. The monoisotopic (exact) mass is 363 g/mol. The van der Waals surface area contributed by atoms with Crippen LogP contribution in [0.2, 0.25) is 0 Å². The fraction of sp³-hybridized carbons (Fsp3) is 0.238. The van der Waals surface area contributed by atoms with Crippen molar-refractivity contribution in [1.29, 1.82) is 0 Å². The molecule has 0 radical (unpaired) electrons. The molecule has 3 aromatic rings. The minimum Gasteiger partial charge on any atom is -0.497 e. The molecule has 4 rings (SSSR count). The zero-order chi connectivity index (χ0) is 17.9. The van der Waals surface area contributed by atoms with Crippen LogP contribution in [0.15, 0.2) is 52.9 Å². The van der Waals surface area contributed by atoms with Gasteiger partial charge in [0.2, 0.25) is 5.13 Å². The van der Waals surface area contributed by atoms with Crippen LogP contribution in [0, 0.1) is 0 Å². The Balaban J connectivity index is 1.47. The first-order valence-electron chi connectivity index (χ1n) is 8.75. The summed E-state index contributed by atoms with van der Waals surface area (Å²) in [5.41, 5.74) is 10.2. The zero-order valence-electron chi connectivity index (χ0n) is 15.0. The number of ether oxygens (including phenoxy) is 1. The number of nitrogens with one attached hydrogen (secondary N) is 1. The molecule has 0 aliphatic heterocycles. The molecule has 0 saturated carbocycles. The lowest BCUT2D eigenvalue weighted by Gasteiger charge is -2.03. The van der Waals surface area contributed by atoms with Gasteiger partial charge in [0.1, 0.15) is 5.75 Å². The number of fused-ring (bicyclic) bond motifs is 1. The highest BCUT2D eigenvalue weighted by atomic mass is 32.1. The van der Waals surface area contributed by atoms with Gasteiger partial charge in [-0.2, -0.15) is 5.10 Å². The van der Waals surface area contributed by atoms with E-state index in [-0.39, 0.29) is 0 Å². The average Bonchev–Trinajstić information content (AvgIpc) is 3.34. The van der Waals surface area contributed by atoms with Gasteiger partial charge in [0, 0.05) is 10.9 Å². The summed E-state index contributed by atoms with van der Waals surface area (Å²) in [6.45, 7) is 1.98. The Kier molecular flexibility index (Phi) is 4.71. The van der Waals surface area contributed by atoms with Gasteiger partial charge >= 0.3 is 0 Å². The molecule has 0 amide bonds. The molecular formula is C21H21N3OS. The number of thiazole rings is 1. The molecule has 5 heteroatoms. The molecule has 0 spiro atoms. The Morgan fingerprint density at radius 1 is 1.12 bits per heavy atom. The number of aryl methyl sites for hydroxylation is 2. The number of nitrogens with zero attached hydrogens (tertiary/aromatic N) is 2. The maximum atomic E-state index is 5.19. The summed E-state index contributed by atoms with van der Waals surface area (Å²) in [6.07, 6.45) is 3.66. The molecular weight excluding hydrogens is 342 g/mol. The SMILES string of the molecule is COc1ccc(/C(C)=N\Nc2nc(-c3ccc4c(c3)CCC4)cs2)cc1. The second kappa shape index (κ2) is 7.30. The van der Waals surface area contributed by atoms with Crippen LogP contribution in [0.25, 0.3) is 11.3 Å². The predicted molar refractivity (Wildman–Crippen MR) is 108 cm³/mol. The minimum absolute atomic E-state index is 0.799. The molecule has 0 bridgehead atoms. The molecule has 4 nitrogen and oxygen atoms in total. The number of hydrogen-bond acceptors (Lipinski definition) is 5. The second-order valence-corrected chi connectivity index (χ2v) is 7.27. The molecule has 1 N–H and O–H groups in total. The first-order valence-corrected chi connectivity index (χ1v) is 9.63. The minimum atomic E-state index is 0.799. The number of hydrazone groups is 1. The van der Waals surface area contributed by atoms with Crippen LogP contribution < -0.4 is 10.2 Å². The van der Waals surface area contributed by atoms with Crippen LogP contribution in [0.4, 0.5) is 5.13 Å². The second-order valence-electron chi connectivity index (χ2n) is 6.41. The number of benzene rings is 2. The molecule has 1 aliphatic rings. The predicted octanol–water partition coefficient (Wildman–Crippen LogP) is 5.14. The summed E-state index contributed by atoms with van der Waals surface area (Å²) in [7, 11) is 1.67. The van der Waals surface area contributed by atoms with Gasteiger partial charge in [-0.1, -0.05) is 12.1 Å². The lowest BCUT2D eigenvalue weighted by atomic mass is 10.1. The summed E-state index contributed by atoms with van der Waals surface area (Å²) < 4.78 is 5.19. The Morgan fingerprint density at radius 3 is 2.73 bits per heavy atom. The van der Waals surface area contributed by atoms with E-state index in [1.54, 1.807) is 18.4 Å². The van der Waals surface area contributed by atoms with Gasteiger partial charge in [0.05, 0.1) is 18.5 Å². The van der Waals surface area contributed by atoms with E-state index in [1.165, 1.54) is 36.0 Å². The van der Waals surface area contributed by atoms with Crippen LogP contribution in [0.1, 0.15) is 30.0 Å². The summed E-state index contributed by atoms with van der Waals surface area (Å²) in [5.74, 6) is 0.841. The fourth-order valence-electron chi connectivity index (χ4n) is 3.22. The number of aromatic nitrogens is 1. The van der Waals surface area contributed by atoms with Crippen molar-refractivity contribution in [1.82, 2.24) is 4.98 Å². The third kappa shape index (κ3) is 3.48. The van der Waals surface area contributed by atoms with E-state index in [0.717, 1.165) is 27.9 Å². The third-order valence-electron chi connectivity index (χ3n) is 4.73. The van der Waals surface area contributed by atoms with Crippen LogP contribution in [0.5, 0.6) is 5.75 Å². The van der Waals surface area contributed by atoms with Crippen LogP contribution in [0.3, 0.4) is 0 Å². The van der Waals surface area contributed by atoms with E-state index in [0.29, 0.717) is 0 Å². The van der Waals surface area contributed by atoms with Crippen molar-refractivity contribution in [3.63, 3.8) is 0 Å². The Hall–Kier alpha value is -2.66. The van der Waals surface area contributed by atoms with Crippen molar-refractivity contribution < 1.29 is 4.74 Å². The molecule has 1 heterocycles. The van der Waals surface area contributed by atoms with Crippen molar-refractivity contribution >= 4 is 22.2 Å². The van der Waals surface area contributed by atoms with Crippen molar-refractivity contribution in [2.24, 2.45) is 5.10 Å². The normalized spacial score (nSPS) is 13.5. The van der Waals surface area contributed by atoms with E-state index in [2.05, 4.69) is 39.1 Å². The third-order valence-corrected chi connectivity index (χ3v) is 5.47. The quantitative estimate of drug-likeness (QED) is 0.504. The van der Waals surface area contributed by atoms with Gasteiger partial charge in [-0.15, -0.1) is 11.3 Å². The van der Waals surface area contributed by atoms with Gasteiger partial charge in [-0.05, 0) is 73.2 Å². The lowest BCUT2D eigenvalue weighted by molar-refractivity contribution is 0.415. The summed E-state index contributed by atoms with van der Waals surface area (Å²) in [4.78, 5) is 4.68. The van der Waals surface area contributed by atoms with E-state index in [4.69, 9.17) is 4.74 Å². The van der Waals surface area contributed by atoms with Gasteiger partial charge in [0.15, 0.2) is 0 Å². The van der Waals surface area contributed by atoms with Crippen molar-refractivity contribution in [3.8, 4) is 17.0 Å². The molecule has 2 aromatic carbocycles. The molecule has 26 heavy (non-hydrogen) atoms. The van der Waals surface area contributed by atoms with Gasteiger partial charge < -0.3 is 4.74 Å².